The predicted octanol–water partition coefficient (Wildman–Crippen LogP) is 3.86. The zero-order valence-corrected chi connectivity index (χ0v) is 17.3. The highest BCUT2D eigenvalue weighted by Gasteiger charge is 2.23. The molecular weight excluding hydrogens is 399 g/mol. The number of piperidine rings is 1. The van der Waals surface area contributed by atoms with Crippen LogP contribution in [0.1, 0.15) is 36.2 Å². The lowest BCUT2D eigenvalue weighted by atomic mass is 10.1. The Morgan fingerprint density at radius 2 is 1.82 bits per heavy atom. The van der Waals surface area contributed by atoms with E-state index >= 15 is 0 Å². The molecular formula is C20H22Cl2N4O2. The van der Waals surface area contributed by atoms with Gasteiger partial charge in [-0.1, -0.05) is 23.2 Å². The number of nitrogens with zero attached hydrogens (tertiary/aromatic N) is 3. The van der Waals surface area contributed by atoms with Crippen LogP contribution in [0.2, 0.25) is 10.0 Å². The van der Waals surface area contributed by atoms with Crippen molar-refractivity contribution in [2.75, 3.05) is 13.1 Å². The highest BCUT2D eigenvalue weighted by molar-refractivity contribution is 6.35. The van der Waals surface area contributed by atoms with Gasteiger partial charge in [0.05, 0.1) is 16.9 Å². The molecule has 1 saturated heterocycles. The second-order valence-corrected chi connectivity index (χ2v) is 7.65. The van der Waals surface area contributed by atoms with E-state index in [0.29, 0.717) is 23.1 Å². The molecule has 3 rings (SSSR count). The summed E-state index contributed by atoms with van der Waals surface area (Å²) >= 11 is 12.4. The number of aryl methyl sites for hydroxylation is 1. The fourth-order valence-electron chi connectivity index (χ4n) is 3.40. The summed E-state index contributed by atoms with van der Waals surface area (Å²) < 4.78 is 1.97. The van der Waals surface area contributed by atoms with Crippen molar-refractivity contribution < 1.29 is 9.59 Å². The first-order valence-corrected chi connectivity index (χ1v) is 9.90. The Labute approximate surface area is 174 Å². The molecule has 2 amide bonds. The van der Waals surface area contributed by atoms with E-state index in [0.717, 1.165) is 41.9 Å². The molecule has 1 N–H and O–H groups in total. The average Bonchev–Trinajstić information content (AvgIpc) is 2.97. The number of halogens is 2. The van der Waals surface area contributed by atoms with Gasteiger partial charge in [-0.2, -0.15) is 5.10 Å². The first-order chi connectivity index (χ1) is 13.4. The quantitative estimate of drug-likeness (QED) is 0.465. The third kappa shape index (κ3) is 4.39. The highest BCUT2D eigenvalue weighted by Crippen LogP contribution is 2.28. The summed E-state index contributed by atoms with van der Waals surface area (Å²) in [6.07, 6.45) is 4.48. The second kappa shape index (κ2) is 8.80. The van der Waals surface area contributed by atoms with Crippen LogP contribution in [0.4, 0.5) is 0 Å². The molecule has 0 bridgehead atoms. The Balaban J connectivity index is 1.74. The lowest BCUT2D eigenvalue weighted by molar-refractivity contribution is -0.146. The van der Waals surface area contributed by atoms with Crippen LogP contribution in [-0.4, -0.2) is 40.6 Å². The van der Waals surface area contributed by atoms with Gasteiger partial charge in [0.25, 0.3) is 0 Å². The summed E-state index contributed by atoms with van der Waals surface area (Å²) in [4.78, 5) is 25.7. The van der Waals surface area contributed by atoms with E-state index in [1.165, 1.54) is 6.21 Å². The molecule has 2 aromatic rings. The number of hydrazone groups is 1. The number of aromatic nitrogens is 1. The van der Waals surface area contributed by atoms with Crippen molar-refractivity contribution >= 4 is 41.2 Å². The summed E-state index contributed by atoms with van der Waals surface area (Å²) in [5, 5.41) is 5.13. The van der Waals surface area contributed by atoms with E-state index in [4.69, 9.17) is 23.2 Å². The third-order valence-corrected chi connectivity index (χ3v) is 5.38. The molecule has 2 heterocycles. The van der Waals surface area contributed by atoms with Crippen LogP contribution in [0.25, 0.3) is 5.69 Å². The Kier molecular flexibility index (Phi) is 6.42. The summed E-state index contributed by atoms with van der Waals surface area (Å²) in [5.41, 5.74) is 5.74. The van der Waals surface area contributed by atoms with Crippen LogP contribution in [0, 0.1) is 13.8 Å². The maximum Gasteiger partial charge on any atom is 0.329 e. The van der Waals surface area contributed by atoms with Crippen LogP contribution < -0.4 is 5.43 Å². The van der Waals surface area contributed by atoms with Crippen LogP contribution in [0.15, 0.2) is 29.4 Å². The molecule has 1 aliphatic rings. The van der Waals surface area contributed by atoms with Gasteiger partial charge in [-0.25, -0.2) is 5.43 Å². The van der Waals surface area contributed by atoms with Gasteiger partial charge in [0.1, 0.15) is 0 Å². The molecule has 0 unspecified atom stereocenters. The van der Waals surface area contributed by atoms with E-state index in [1.54, 1.807) is 23.1 Å². The standard InChI is InChI=1S/C20H22Cl2N4O2/c1-13-10-15(14(2)26(13)18-11-16(21)6-7-17(18)22)12-23-24-19(27)20(28)25-8-4-3-5-9-25/h6-7,10-12H,3-5,8-9H2,1-2H3,(H,24,27)/b23-12-. The first kappa shape index (κ1) is 20.4. The smallest absolute Gasteiger partial charge is 0.329 e. The largest absolute Gasteiger partial charge is 0.334 e. The van der Waals surface area contributed by atoms with Crippen molar-refractivity contribution in [3.63, 3.8) is 0 Å². The minimum Gasteiger partial charge on any atom is -0.334 e. The van der Waals surface area contributed by atoms with Crippen LogP contribution in [0.5, 0.6) is 0 Å². The van der Waals surface area contributed by atoms with Crippen molar-refractivity contribution in [2.45, 2.75) is 33.1 Å². The number of carbonyl (C=O) groups excluding carboxylic acids is 2. The number of carbonyl (C=O) groups is 2. The monoisotopic (exact) mass is 420 g/mol. The van der Waals surface area contributed by atoms with Gasteiger partial charge < -0.3 is 9.47 Å². The number of benzene rings is 1. The van der Waals surface area contributed by atoms with E-state index in [1.807, 2.05) is 24.5 Å². The minimum absolute atomic E-state index is 0.534. The fourth-order valence-corrected chi connectivity index (χ4v) is 3.76. The second-order valence-electron chi connectivity index (χ2n) is 6.81. The van der Waals surface area contributed by atoms with Crippen molar-refractivity contribution in [3.8, 4) is 5.69 Å². The topological polar surface area (TPSA) is 66.7 Å². The van der Waals surface area contributed by atoms with E-state index in [9.17, 15) is 9.59 Å². The van der Waals surface area contributed by atoms with Crippen molar-refractivity contribution in [3.05, 3.63) is 51.3 Å². The Hall–Kier alpha value is -2.31. The summed E-state index contributed by atoms with van der Waals surface area (Å²) in [5.74, 6) is -1.25. The summed E-state index contributed by atoms with van der Waals surface area (Å²) in [7, 11) is 0. The zero-order valence-electron chi connectivity index (χ0n) is 15.8. The molecule has 28 heavy (non-hydrogen) atoms. The van der Waals surface area contributed by atoms with Crippen LogP contribution in [0.3, 0.4) is 0 Å². The molecule has 1 aliphatic heterocycles. The number of rotatable bonds is 3. The molecule has 0 aliphatic carbocycles. The molecule has 1 fully saturated rings. The minimum atomic E-state index is -0.718. The van der Waals surface area contributed by atoms with Gasteiger partial charge in [-0.3, -0.25) is 9.59 Å². The van der Waals surface area contributed by atoms with Gasteiger partial charge in [0.15, 0.2) is 0 Å². The van der Waals surface area contributed by atoms with Gasteiger partial charge in [0, 0.05) is 35.1 Å². The van der Waals surface area contributed by atoms with E-state index in [-0.39, 0.29) is 0 Å². The van der Waals surface area contributed by atoms with Crippen LogP contribution >= 0.6 is 23.2 Å². The first-order valence-electron chi connectivity index (χ1n) is 9.15. The number of nitrogens with one attached hydrogen (secondary N) is 1. The molecule has 148 valence electrons. The molecule has 1 aromatic heterocycles. The normalized spacial score (nSPS) is 14.5. The van der Waals surface area contributed by atoms with E-state index in [2.05, 4.69) is 10.5 Å². The van der Waals surface area contributed by atoms with Gasteiger partial charge in [-0.05, 0) is 57.4 Å². The Morgan fingerprint density at radius 1 is 1.11 bits per heavy atom. The maximum absolute atomic E-state index is 12.1. The molecule has 0 atom stereocenters. The SMILES string of the molecule is Cc1cc(/C=N\NC(=O)C(=O)N2CCCCC2)c(C)n1-c1cc(Cl)ccc1Cl. The van der Waals surface area contributed by atoms with Gasteiger partial charge >= 0.3 is 11.8 Å². The van der Waals surface area contributed by atoms with Crippen molar-refractivity contribution in [1.82, 2.24) is 14.9 Å². The van der Waals surface area contributed by atoms with Crippen LogP contribution in [-0.2, 0) is 9.59 Å². The molecule has 6 nitrogen and oxygen atoms in total. The fraction of sp³-hybridized carbons (Fsp3) is 0.350. The summed E-state index contributed by atoms with van der Waals surface area (Å²) in [6, 6.07) is 7.20. The molecule has 0 saturated carbocycles. The molecule has 0 spiro atoms. The summed E-state index contributed by atoms with van der Waals surface area (Å²) in [6.45, 7) is 5.11. The van der Waals surface area contributed by atoms with Gasteiger partial charge in [0.2, 0.25) is 0 Å². The average molecular weight is 421 g/mol. The van der Waals surface area contributed by atoms with Gasteiger partial charge in [-0.15, -0.1) is 0 Å². The number of hydrogen-bond acceptors (Lipinski definition) is 3. The lowest BCUT2D eigenvalue weighted by Crippen LogP contribution is -2.43. The zero-order chi connectivity index (χ0) is 20.3. The number of amides is 2. The highest BCUT2D eigenvalue weighted by atomic mass is 35.5. The number of hydrogen-bond donors (Lipinski definition) is 1. The predicted molar refractivity (Wildman–Crippen MR) is 111 cm³/mol. The Bertz CT molecular complexity index is 931. The lowest BCUT2D eigenvalue weighted by Gasteiger charge is -2.25. The van der Waals surface area contributed by atoms with Crippen molar-refractivity contribution in [2.24, 2.45) is 5.10 Å². The number of likely N-dealkylation sites (tertiary alicyclic amines) is 1. The molecule has 0 radical (unpaired) electrons. The third-order valence-electron chi connectivity index (χ3n) is 4.83. The Morgan fingerprint density at radius 3 is 2.54 bits per heavy atom. The maximum atomic E-state index is 12.1. The van der Waals surface area contributed by atoms with Crippen molar-refractivity contribution in [1.29, 1.82) is 0 Å². The van der Waals surface area contributed by atoms with E-state index < -0.39 is 11.8 Å². The molecule has 8 heteroatoms. The molecule has 1 aromatic carbocycles.